The number of carbonyl (C=O) groups excluding carboxylic acids is 1. The molecule has 0 radical (unpaired) electrons. The van der Waals surface area contributed by atoms with Gasteiger partial charge in [0.1, 0.15) is 0 Å². The molecule has 18 heavy (non-hydrogen) atoms. The maximum absolute atomic E-state index is 12.7. The number of thioether (sulfide) groups is 1. The highest BCUT2D eigenvalue weighted by Gasteiger charge is 2.40. The molecule has 1 aliphatic heterocycles. The molecule has 2 rings (SSSR count). The molecule has 0 aromatic rings. The summed E-state index contributed by atoms with van der Waals surface area (Å²) in [5.74, 6) is 1.45. The van der Waals surface area contributed by atoms with E-state index in [0.717, 1.165) is 44.5 Å². The Bertz CT molecular complexity index is 306. The van der Waals surface area contributed by atoms with Gasteiger partial charge < -0.3 is 10.6 Å². The zero-order valence-corrected chi connectivity index (χ0v) is 12.5. The van der Waals surface area contributed by atoms with Crippen molar-refractivity contribution in [3.05, 3.63) is 0 Å². The van der Waals surface area contributed by atoms with Crippen molar-refractivity contribution in [1.29, 1.82) is 0 Å². The van der Waals surface area contributed by atoms with Crippen LogP contribution < -0.4 is 5.73 Å². The quantitative estimate of drug-likeness (QED) is 0.837. The smallest absolute Gasteiger partial charge is 0.227 e. The van der Waals surface area contributed by atoms with Crippen LogP contribution in [0.3, 0.4) is 0 Å². The van der Waals surface area contributed by atoms with Gasteiger partial charge in [-0.25, -0.2) is 0 Å². The highest BCUT2D eigenvalue weighted by Crippen LogP contribution is 2.34. The van der Waals surface area contributed by atoms with Gasteiger partial charge in [0.25, 0.3) is 0 Å². The molecule has 1 saturated carbocycles. The summed E-state index contributed by atoms with van der Waals surface area (Å²) in [5.41, 5.74) is 6.05. The summed E-state index contributed by atoms with van der Waals surface area (Å²) in [6.45, 7) is 6.10. The monoisotopic (exact) mass is 270 g/mol. The third kappa shape index (κ3) is 3.02. The van der Waals surface area contributed by atoms with Crippen LogP contribution in [0.15, 0.2) is 0 Å². The van der Waals surface area contributed by atoms with Crippen molar-refractivity contribution in [1.82, 2.24) is 4.90 Å². The van der Waals surface area contributed by atoms with Gasteiger partial charge in [0.2, 0.25) is 5.91 Å². The van der Waals surface area contributed by atoms with Crippen LogP contribution in [0, 0.1) is 5.92 Å². The van der Waals surface area contributed by atoms with Gasteiger partial charge in [-0.2, -0.15) is 11.8 Å². The van der Waals surface area contributed by atoms with Crippen molar-refractivity contribution in [2.45, 2.75) is 56.7 Å². The average Bonchev–Trinajstić information content (AvgIpc) is 2.37. The fourth-order valence-electron chi connectivity index (χ4n) is 3.15. The second kappa shape index (κ2) is 5.83. The van der Waals surface area contributed by atoms with Crippen LogP contribution in [-0.2, 0) is 4.79 Å². The number of hydrogen-bond acceptors (Lipinski definition) is 3. The third-order valence-corrected chi connectivity index (χ3v) is 5.83. The minimum atomic E-state index is -0.290. The summed E-state index contributed by atoms with van der Waals surface area (Å²) in [5, 5.41) is 0.621. The summed E-state index contributed by atoms with van der Waals surface area (Å²) in [6, 6.07) is 0. The van der Waals surface area contributed by atoms with E-state index in [9.17, 15) is 4.79 Å². The lowest BCUT2D eigenvalue weighted by Gasteiger charge is -2.42. The first-order valence-electron chi connectivity index (χ1n) is 7.24. The number of nitrogens with two attached hydrogens (primary N) is 1. The van der Waals surface area contributed by atoms with Crippen molar-refractivity contribution >= 4 is 17.7 Å². The van der Waals surface area contributed by atoms with E-state index in [1.165, 1.54) is 6.42 Å². The predicted octanol–water partition coefficient (Wildman–Crippen LogP) is 2.25. The zero-order chi connectivity index (χ0) is 13.2. The lowest BCUT2D eigenvalue weighted by molar-refractivity contribution is -0.138. The van der Waals surface area contributed by atoms with Crippen molar-refractivity contribution in [2.24, 2.45) is 11.7 Å². The Morgan fingerprint density at radius 1 is 1.50 bits per heavy atom. The van der Waals surface area contributed by atoms with Crippen LogP contribution in [0.5, 0.6) is 0 Å². The maximum Gasteiger partial charge on any atom is 0.227 e. The summed E-state index contributed by atoms with van der Waals surface area (Å²) >= 11 is 2.01. The Morgan fingerprint density at radius 2 is 2.28 bits per heavy atom. The minimum absolute atomic E-state index is 0.0480. The number of carbonyl (C=O) groups is 1. The highest BCUT2D eigenvalue weighted by molar-refractivity contribution is 8.00. The molecular weight excluding hydrogens is 244 g/mol. The first-order chi connectivity index (χ1) is 8.54. The van der Waals surface area contributed by atoms with Crippen LogP contribution in [0.4, 0.5) is 0 Å². The normalized spacial score (nSPS) is 37.6. The number of amides is 1. The van der Waals surface area contributed by atoms with Crippen LogP contribution >= 0.6 is 11.8 Å². The van der Waals surface area contributed by atoms with Crippen LogP contribution in [0.2, 0.25) is 0 Å². The fraction of sp³-hybridized carbons (Fsp3) is 0.929. The Kier molecular flexibility index (Phi) is 4.59. The lowest BCUT2D eigenvalue weighted by Crippen LogP contribution is -2.55. The largest absolute Gasteiger partial charge is 0.340 e. The summed E-state index contributed by atoms with van der Waals surface area (Å²) < 4.78 is 0. The highest BCUT2D eigenvalue weighted by atomic mass is 32.2. The van der Waals surface area contributed by atoms with Crippen molar-refractivity contribution in [3.63, 3.8) is 0 Å². The first kappa shape index (κ1) is 14.2. The second-order valence-electron chi connectivity index (χ2n) is 5.99. The van der Waals surface area contributed by atoms with Gasteiger partial charge in [0.05, 0.1) is 5.92 Å². The molecule has 1 heterocycles. The molecule has 1 amide bonds. The number of hydrogen-bond donors (Lipinski definition) is 1. The van der Waals surface area contributed by atoms with E-state index in [1.54, 1.807) is 0 Å². The van der Waals surface area contributed by atoms with Gasteiger partial charge in [0.15, 0.2) is 0 Å². The SMILES string of the molecule is CCC1CN(C(=O)C2CCCCC2(C)N)CCS1. The van der Waals surface area contributed by atoms with Gasteiger partial charge in [-0.1, -0.05) is 19.8 Å². The minimum Gasteiger partial charge on any atom is -0.340 e. The van der Waals surface area contributed by atoms with E-state index in [2.05, 4.69) is 18.7 Å². The molecule has 104 valence electrons. The van der Waals surface area contributed by atoms with Crippen LogP contribution in [0.1, 0.15) is 46.0 Å². The van der Waals surface area contributed by atoms with E-state index in [4.69, 9.17) is 5.73 Å². The Balaban J connectivity index is 2.01. The van der Waals surface area contributed by atoms with E-state index >= 15 is 0 Å². The first-order valence-corrected chi connectivity index (χ1v) is 8.28. The molecule has 2 aliphatic rings. The topological polar surface area (TPSA) is 46.3 Å². The van der Waals surface area contributed by atoms with Gasteiger partial charge in [-0.05, 0) is 26.2 Å². The standard InChI is InChI=1S/C14H26N2OS/c1-3-11-10-16(8-9-18-11)13(17)12-6-4-5-7-14(12,2)15/h11-12H,3-10,15H2,1-2H3. The molecule has 2 N–H and O–H groups in total. The molecule has 1 aliphatic carbocycles. The molecule has 3 nitrogen and oxygen atoms in total. The van der Waals surface area contributed by atoms with Gasteiger partial charge in [-0.15, -0.1) is 0 Å². The Hall–Kier alpha value is -0.220. The molecule has 0 aromatic carbocycles. The average molecular weight is 270 g/mol. The molecule has 0 spiro atoms. The van der Waals surface area contributed by atoms with Crippen LogP contribution in [-0.4, -0.2) is 40.4 Å². The third-order valence-electron chi connectivity index (χ3n) is 4.46. The predicted molar refractivity (Wildman–Crippen MR) is 77.7 cm³/mol. The zero-order valence-electron chi connectivity index (χ0n) is 11.7. The molecule has 0 aromatic heterocycles. The molecule has 3 atom stereocenters. The Labute approximate surface area is 115 Å². The summed E-state index contributed by atoms with van der Waals surface area (Å²) in [7, 11) is 0. The number of nitrogens with zero attached hydrogens (tertiary/aromatic N) is 1. The molecule has 3 unspecified atom stereocenters. The maximum atomic E-state index is 12.7. The van der Waals surface area contributed by atoms with E-state index in [-0.39, 0.29) is 11.5 Å². The molecule has 4 heteroatoms. The molecular formula is C14H26N2OS. The number of rotatable bonds is 2. The molecule has 0 bridgehead atoms. The van der Waals surface area contributed by atoms with Crippen LogP contribution in [0.25, 0.3) is 0 Å². The van der Waals surface area contributed by atoms with E-state index < -0.39 is 0 Å². The molecule has 1 saturated heterocycles. The Morgan fingerprint density at radius 3 is 2.94 bits per heavy atom. The van der Waals surface area contributed by atoms with Crippen molar-refractivity contribution < 1.29 is 4.79 Å². The van der Waals surface area contributed by atoms with Crippen molar-refractivity contribution in [3.8, 4) is 0 Å². The van der Waals surface area contributed by atoms with Crippen molar-refractivity contribution in [2.75, 3.05) is 18.8 Å². The van der Waals surface area contributed by atoms with Gasteiger partial charge in [-0.3, -0.25) is 4.79 Å². The van der Waals surface area contributed by atoms with Gasteiger partial charge in [0, 0.05) is 29.6 Å². The van der Waals surface area contributed by atoms with E-state index in [1.807, 2.05) is 11.8 Å². The van der Waals surface area contributed by atoms with Gasteiger partial charge >= 0.3 is 0 Å². The molecule has 2 fully saturated rings. The fourth-order valence-corrected chi connectivity index (χ4v) is 4.33. The van der Waals surface area contributed by atoms with E-state index in [0.29, 0.717) is 11.2 Å². The summed E-state index contributed by atoms with van der Waals surface area (Å²) in [6.07, 6.45) is 5.45. The lowest BCUT2D eigenvalue weighted by atomic mass is 9.74. The second-order valence-corrected chi connectivity index (χ2v) is 7.40. The summed E-state index contributed by atoms with van der Waals surface area (Å²) in [4.78, 5) is 14.7.